The summed E-state index contributed by atoms with van der Waals surface area (Å²) in [6, 6.07) is 11.4. The number of amides is 2. The van der Waals surface area contributed by atoms with Crippen molar-refractivity contribution in [1.29, 1.82) is 0 Å². The van der Waals surface area contributed by atoms with Gasteiger partial charge in [0.05, 0.1) is 11.9 Å². The van der Waals surface area contributed by atoms with Crippen molar-refractivity contribution >= 4 is 50.7 Å². The largest absolute Gasteiger partial charge is 0.357 e. The van der Waals surface area contributed by atoms with Crippen LogP contribution in [0.3, 0.4) is 0 Å². The molecule has 0 aliphatic rings. The van der Waals surface area contributed by atoms with Gasteiger partial charge in [-0.1, -0.05) is 47.5 Å². The summed E-state index contributed by atoms with van der Waals surface area (Å²) in [6.07, 6.45) is 1.45. The van der Waals surface area contributed by atoms with Crippen molar-refractivity contribution in [1.82, 2.24) is 10.2 Å². The lowest BCUT2D eigenvalue weighted by Crippen LogP contribution is -2.47. The minimum atomic E-state index is -3.54. The minimum absolute atomic E-state index is 0.0430. The lowest BCUT2D eigenvalue weighted by atomic mass is 10.1. The number of hydrogen-bond donors (Lipinski definition) is 1. The van der Waals surface area contributed by atoms with E-state index in [0.29, 0.717) is 21.3 Å². The number of hydrogen-bond acceptors (Lipinski definition) is 4. The van der Waals surface area contributed by atoms with Crippen LogP contribution in [-0.2, 0) is 26.2 Å². The van der Waals surface area contributed by atoms with Gasteiger partial charge in [0.15, 0.2) is 0 Å². The van der Waals surface area contributed by atoms with Crippen LogP contribution >= 0.6 is 23.2 Å². The van der Waals surface area contributed by atoms with E-state index in [0.717, 1.165) is 11.8 Å². The quantitative estimate of drug-likeness (QED) is 0.519. The van der Waals surface area contributed by atoms with Crippen LogP contribution in [0.5, 0.6) is 0 Å². The molecule has 7 nitrogen and oxygen atoms in total. The smallest absolute Gasteiger partial charge is 0.242 e. The van der Waals surface area contributed by atoms with Crippen molar-refractivity contribution in [3.63, 3.8) is 0 Å². The molecule has 0 aromatic heterocycles. The number of carbonyl (C=O) groups is 2. The summed E-state index contributed by atoms with van der Waals surface area (Å²) in [4.78, 5) is 26.9. The summed E-state index contributed by atoms with van der Waals surface area (Å²) in [5.74, 6) is -0.635. The molecular weight excluding hydrogens is 485 g/mol. The molecule has 2 aromatic carbocycles. The number of carbonyl (C=O) groups excluding carboxylic acids is 2. The predicted octanol–water partition coefficient (Wildman–Crippen LogP) is 4.01. The second-order valence-corrected chi connectivity index (χ2v) is 10.5. The maximum absolute atomic E-state index is 13.2. The van der Waals surface area contributed by atoms with Crippen molar-refractivity contribution < 1.29 is 18.0 Å². The molecule has 0 spiro atoms. The predicted molar refractivity (Wildman–Crippen MR) is 133 cm³/mol. The van der Waals surface area contributed by atoms with E-state index in [1.54, 1.807) is 37.3 Å². The molecule has 33 heavy (non-hydrogen) atoms. The zero-order valence-corrected chi connectivity index (χ0v) is 21.5. The summed E-state index contributed by atoms with van der Waals surface area (Å²) in [5.41, 5.74) is 1.94. The molecule has 0 bridgehead atoms. The third kappa shape index (κ3) is 7.09. The van der Waals surface area contributed by atoms with Crippen LogP contribution in [0.25, 0.3) is 0 Å². The van der Waals surface area contributed by atoms with Crippen LogP contribution in [0.4, 0.5) is 5.69 Å². The van der Waals surface area contributed by atoms with Crippen LogP contribution in [0.1, 0.15) is 30.9 Å². The van der Waals surface area contributed by atoms with Gasteiger partial charge in [-0.05, 0) is 44.0 Å². The Morgan fingerprint density at radius 3 is 2.21 bits per heavy atom. The molecule has 0 saturated carbocycles. The molecule has 0 unspecified atom stereocenters. The third-order valence-corrected chi connectivity index (χ3v) is 7.23. The highest BCUT2D eigenvalue weighted by molar-refractivity contribution is 7.92. The topological polar surface area (TPSA) is 86.8 Å². The molecule has 1 N–H and O–H groups in total. The molecule has 0 radical (unpaired) electrons. The molecule has 0 fully saturated rings. The van der Waals surface area contributed by atoms with Gasteiger partial charge < -0.3 is 10.2 Å². The first-order chi connectivity index (χ1) is 15.5. The first kappa shape index (κ1) is 27.0. The molecular formula is C23H29Cl2N3O4S. The molecule has 10 heteroatoms. The second-order valence-electron chi connectivity index (χ2n) is 7.74. The second kappa shape index (κ2) is 11.7. The van der Waals surface area contributed by atoms with Crippen molar-refractivity contribution in [3.8, 4) is 0 Å². The number of nitrogens with zero attached hydrogens (tertiary/aromatic N) is 2. The number of aryl methyl sites for hydroxylation is 1. The summed E-state index contributed by atoms with van der Waals surface area (Å²) in [7, 11) is -2.05. The normalized spacial score (nSPS) is 12.2. The van der Waals surface area contributed by atoms with Gasteiger partial charge in [-0.2, -0.15) is 0 Å². The van der Waals surface area contributed by atoms with E-state index in [4.69, 9.17) is 23.2 Å². The van der Waals surface area contributed by atoms with Crippen LogP contribution < -0.4 is 9.62 Å². The molecule has 2 rings (SSSR count). The van der Waals surface area contributed by atoms with Crippen molar-refractivity contribution in [2.75, 3.05) is 24.2 Å². The Morgan fingerprint density at radius 1 is 1.06 bits per heavy atom. The molecule has 180 valence electrons. The number of likely N-dealkylation sites (N-methyl/N-ethyl adjacent to an activating group) is 1. The zero-order chi connectivity index (χ0) is 24.8. The van der Waals surface area contributed by atoms with Crippen LogP contribution in [0.2, 0.25) is 10.0 Å². The Labute approximate surface area is 205 Å². The Morgan fingerprint density at radius 2 is 1.67 bits per heavy atom. The van der Waals surface area contributed by atoms with E-state index in [9.17, 15) is 18.0 Å². The molecule has 2 amide bonds. The maximum Gasteiger partial charge on any atom is 0.242 e. The number of sulfonamides is 1. The fraction of sp³-hybridized carbons (Fsp3) is 0.391. The number of para-hydroxylation sites is 1. The van der Waals surface area contributed by atoms with Crippen molar-refractivity contribution in [2.24, 2.45) is 0 Å². The summed E-state index contributed by atoms with van der Waals surface area (Å²) >= 11 is 12.6. The summed E-state index contributed by atoms with van der Waals surface area (Å²) in [5, 5.41) is 3.34. The molecule has 2 aromatic rings. The monoisotopic (exact) mass is 513 g/mol. The highest BCUT2D eigenvalue weighted by atomic mass is 35.5. The Hall–Kier alpha value is -2.29. The van der Waals surface area contributed by atoms with E-state index in [1.807, 2.05) is 19.1 Å². The van der Waals surface area contributed by atoms with Gasteiger partial charge in [0.2, 0.25) is 21.8 Å². The van der Waals surface area contributed by atoms with Gasteiger partial charge in [-0.15, -0.1) is 0 Å². The van der Waals surface area contributed by atoms with Gasteiger partial charge in [-0.3, -0.25) is 13.9 Å². The number of nitrogens with one attached hydrogen (secondary N) is 1. The SMILES string of the molecule is CNC(=O)[C@H](C)N(Cc1c(Cl)cccc1Cl)C(=O)CCCN(c1ccccc1C)S(C)(=O)=O. The number of anilines is 1. The maximum atomic E-state index is 13.2. The summed E-state index contributed by atoms with van der Waals surface area (Å²) in [6.45, 7) is 3.64. The van der Waals surface area contributed by atoms with E-state index in [2.05, 4.69) is 5.32 Å². The van der Waals surface area contributed by atoms with Gasteiger partial charge in [0.1, 0.15) is 6.04 Å². The van der Waals surface area contributed by atoms with Crippen LogP contribution in [0, 0.1) is 6.92 Å². The lowest BCUT2D eigenvalue weighted by molar-refractivity contribution is -0.140. The van der Waals surface area contributed by atoms with Gasteiger partial charge in [0.25, 0.3) is 0 Å². The Bertz CT molecular complexity index is 1090. The average Bonchev–Trinajstić information content (AvgIpc) is 2.75. The molecule has 0 heterocycles. The third-order valence-electron chi connectivity index (χ3n) is 5.34. The average molecular weight is 514 g/mol. The van der Waals surface area contributed by atoms with E-state index in [1.165, 1.54) is 16.3 Å². The van der Waals surface area contributed by atoms with E-state index < -0.39 is 16.1 Å². The number of halogens is 2. The molecule has 0 saturated heterocycles. The molecule has 0 aliphatic carbocycles. The fourth-order valence-corrected chi connectivity index (χ4v) is 5.01. The number of rotatable bonds is 10. The fourth-order valence-electron chi connectivity index (χ4n) is 3.47. The molecule has 1 atom stereocenters. The lowest BCUT2D eigenvalue weighted by Gasteiger charge is -2.29. The Balaban J connectivity index is 2.21. The van der Waals surface area contributed by atoms with Crippen molar-refractivity contribution in [2.45, 2.75) is 39.3 Å². The van der Waals surface area contributed by atoms with Gasteiger partial charge in [-0.25, -0.2) is 8.42 Å². The Kier molecular flexibility index (Phi) is 9.57. The first-order valence-corrected chi connectivity index (χ1v) is 13.0. The van der Waals surface area contributed by atoms with Crippen LogP contribution in [0.15, 0.2) is 42.5 Å². The van der Waals surface area contributed by atoms with Crippen molar-refractivity contribution in [3.05, 3.63) is 63.6 Å². The van der Waals surface area contributed by atoms with Gasteiger partial charge >= 0.3 is 0 Å². The molecule has 0 aliphatic heterocycles. The highest BCUT2D eigenvalue weighted by Crippen LogP contribution is 2.27. The van der Waals surface area contributed by atoms with E-state index in [-0.39, 0.29) is 37.7 Å². The minimum Gasteiger partial charge on any atom is -0.357 e. The van der Waals surface area contributed by atoms with Crippen LogP contribution in [-0.4, -0.2) is 51.0 Å². The van der Waals surface area contributed by atoms with E-state index >= 15 is 0 Å². The first-order valence-electron chi connectivity index (χ1n) is 10.4. The number of benzene rings is 2. The standard InChI is InChI=1S/C23H29Cl2N3O4S/c1-16-9-5-6-12-21(16)28(33(4,31)32)14-8-13-22(29)27(17(2)23(30)26-3)15-18-19(24)10-7-11-20(18)25/h5-7,9-12,17H,8,13-15H2,1-4H3,(H,26,30)/t17-/m0/s1. The van der Waals surface area contributed by atoms with Gasteiger partial charge in [0, 0.05) is 42.2 Å². The zero-order valence-electron chi connectivity index (χ0n) is 19.1. The summed E-state index contributed by atoms with van der Waals surface area (Å²) < 4.78 is 26.1. The highest BCUT2D eigenvalue weighted by Gasteiger charge is 2.27.